The topological polar surface area (TPSA) is 0 Å². The Hall–Kier alpha value is -0.275. The number of rotatable bonds is 3. The molecule has 3 aromatic carbocycles. The van der Waals surface area contributed by atoms with Crippen LogP contribution in [0.1, 0.15) is 0 Å². The zero-order chi connectivity index (χ0) is 16.5. The molecule has 0 aliphatic rings. The van der Waals surface area contributed by atoms with Gasteiger partial charge in [0, 0.05) is 0 Å². The van der Waals surface area contributed by atoms with Gasteiger partial charge in [-0.25, -0.2) is 0 Å². The van der Waals surface area contributed by atoms with Crippen molar-refractivity contribution in [3.05, 3.63) is 91.0 Å². The summed E-state index contributed by atoms with van der Waals surface area (Å²) in [6.45, 7) is 0. The molecule has 0 atom stereocenters. The fourth-order valence-electron chi connectivity index (χ4n) is 2.18. The van der Waals surface area contributed by atoms with Gasteiger partial charge in [0.1, 0.15) is 0 Å². The molecule has 5 heteroatoms. The Labute approximate surface area is 159 Å². The summed E-state index contributed by atoms with van der Waals surface area (Å²) in [5, 5.41) is 0. The third-order valence-corrected chi connectivity index (χ3v) is 8.17. The first kappa shape index (κ1) is 19.1. The number of benzene rings is 3. The summed E-state index contributed by atoms with van der Waals surface area (Å²) in [6, 6.07) is 32.7. The fourth-order valence-corrected chi connectivity index (χ4v) is 7.02. The molecular weight excluding hydrogens is 467 g/mol. The monoisotopic (exact) mass is 480 g/mol. The van der Waals surface area contributed by atoms with Gasteiger partial charge in [-0.2, -0.15) is 0 Å². The van der Waals surface area contributed by atoms with Gasteiger partial charge >= 0.3 is 161 Å². The molecule has 0 saturated carbocycles. The van der Waals surface area contributed by atoms with E-state index in [2.05, 4.69) is 91.0 Å². The molecule has 0 aromatic heterocycles. The third-order valence-electron chi connectivity index (χ3n) is 3.04. The van der Waals surface area contributed by atoms with Crippen molar-refractivity contribution in [2.24, 2.45) is 0 Å². The van der Waals surface area contributed by atoms with Gasteiger partial charge in [-0.3, -0.25) is 0 Å². The van der Waals surface area contributed by atoms with E-state index in [4.69, 9.17) is 28.9 Å². The standard InChI is InChI=1S/C18H15As.3ClH.Ga/c1-4-10-16(11-5-1)19(17-12-6-2-7-13-17)18-14-8-3-9-15-18;;;;/h1-15H;3*1H;/q;;;;+3/p-3. The first-order valence-corrected chi connectivity index (χ1v) is 19.4. The van der Waals surface area contributed by atoms with E-state index in [-0.39, 0.29) is 0 Å². The molecule has 0 N–H and O–H groups in total. The average Bonchev–Trinajstić information content (AvgIpc) is 2.58. The first-order chi connectivity index (χ1) is 11.2. The normalized spacial score (nSPS) is 9.91. The second-order valence-corrected chi connectivity index (χ2v) is 20.6. The number of hydrogen-bond acceptors (Lipinski definition) is 0. The zero-order valence-electron chi connectivity index (χ0n) is 12.3. The SMILES string of the molecule is [Cl][Ga]([Cl])[Cl].c1ccc([As](c2ccccc2)c2ccccc2)cc1. The van der Waals surface area contributed by atoms with Gasteiger partial charge in [0.05, 0.1) is 0 Å². The molecule has 23 heavy (non-hydrogen) atoms. The van der Waals surface area contributed by atoms with Crippen LogP contribution in [0.15, 0.2) is 91.0 Å². The minimum absolute atomic E-state index is 1.39. The van der Waals surface area contributed by atoms with E-state index in [1.165, 1.54) is 13.1 Å². The van der Waals surface area contributed by atoms with Crippen LogP contribution in [0.2, 0.25) is 0 Å². The molecular formula is C18H15AsCl3Ga. The molecule has 0 aliphatic heterocycles. The molecule has 0 fully saturated rings. The van der Waals surface area contributed by atoms with Gasteiger partial charge < -0.3 is 0 Å². The van der Waals surface area contributed by atoms with E-state index in [1.54, 1.807) is 0 Å². The summed E-state index contributed by atoms with van der Waals surface area (Å²) in [7, 11) is 15.0. The molecule has 116 valence electrons. The number of halogens is 3. The van der Waals surface area contributed by atoms with Gasteiger partial charge in [0.15, 0.2) is 0 Å². The van der Waals surface area contributed by atoms with Crippen LogP contribution >= 0.6 is 28.9 Å². The fraction of sp³-hybridized carbons (Fsp3) is 0. The van der Waals surface area contributed by atoms with Crippen molar-refractivity contribution in [2.45, 2.75) is 0 Å². The molecule has 0 aliphatic carbocycles. The third kappa shape index (κ3) is 6.62. The molecule has 0 radical (unpaired) electrons. The Bertz CT molecular complexity index is 582. The molecule has 0 spiro atoms. The first-order valence-electron chi connectivity index (χ1n) is 7.06. The molecule has 0 heterocycles. The van der Waals surface area contributed by atoms with Crippen LogP contribution in [0.5, 0.6) is 0 Å². The summed E-state index contributed by atoms with van der Waals surface area (Å²) in [6.07, 6.45) is 0. The Morgan fingerprint density at radius 3 is 0.913 bits per heavy atom. The van der Waals surface area contributed by atoms with Crippen molar-refractivity contribution in [1.82, 2.24) is 0 Å². The van der Waals surface area contributed by atoms with Crippen LogP contribution in [0.25, 0.3) is 0 Å². The van der Waals surface area contributed by atoms with E-state index in [9.17, 15) is 0 Å². The van der Waals surface area contributed by atoms with Crippen molar-refractivity contribution in [3.8, 4) is 0 Å². The van der Waals surface area contributed by atoms with Gasteiger partial charge in [-0.05, 0) is 0 Å². The Balaban J connectivity index is 0.000000433. The van der Waals surface area contributed by atoms with Gasteiger partial charge in [-0.15, -0.1) is 0 Å². The van der Waals surface area contributed by atoms with E-state index < -0.39 is 27.9 Å². The van der Waals surface area contributed by atoms with Crippen molar-refractivity contribution in [1.29, 1.82) is 0 Å². The van der Waals surface area contributed by atoms with Crippen molar-refractivity contribution >= 4 is 69.8 Å². The van der Waals surface area contributed by atoms with Gasteiger partial charge in [-0.1, -0.05) is 0 Å². The van der Waals surface area contributed by atoms with Crippen LogP contribution in [-0.4, -0.2) is 27.9 Å². The van der Waals surface area contributed by atoms with Crippen molar-refractivity contribution in [3.63, 3.8) is 0 Å². The van der Waals surface area contributed by atoms with E-state index in [0.717, 1.165) is 0 Å². The van der Waals surface area contributed by atoms with E-state index in [0.29, 0.717) is 0 Å². The van der Waals surface area contributed by atoms with Crippen LogP contribution < -0.4 is 13.1 Å². The zero-order valence-corrected chi connectivity index (χ0v) is 18.9. The summed E-state index contributed by atoms with van der Waals surface area (Å²) in [4.78, 5) is 0. The Kier molecular flexibility index (Phi) is 8.75. The molecule has 0 saturated heterocycles. The summed E-state index contributed by atoms with van der Waals surface area (Å²) in [5.41, 5.74) is 0. The van der Waals surface area contributed by atoms with Gasteiger partial charge in [0.25, 0.3) is 0 Å². The van der Waals surface area contributed by atoms with E-state index in [1.807, 2.05) is 0 Å². The van der Waals surface area contributed by atoms with Crippen LogP contribution in [0.3, 0.4) is 0 Å². The summed E-state index contributed by atoms with van der Waals surface area (Å²) < 4.78 is 4.44. The predicted octanol–water partition coefficient (Wildman–Crippen LogP) is 3.89. The minimum atomic E-state index is -2.06. The summed E-state index contributed by atoms with van der Waals surface area (Å²) >= 11 is -3.45. The van der Waals surface area contributed by atoms with Crippen LogP contribution in [0, 0.1) is 0 Å². The predicted molar refractivity (Wildman–Crippen MR) is 107 cm³/mol. The maximum atomic E-state index is 4.99. The molecule has 3 aromatic rings. The van der Waals surface area contributed by atoms with Crippen molar-refractivity contribution < 1.29 is 0 Å². The molecule has 3 rings (SSSR count). The molecule has 0 nitrogen and oxygen atoms in total. The second-order valence-electron chi connectivity index (χ2n) is 4.59. The Morgan fingerprint density at radius 1 is 0.478 bits per heavy atom. The second kappa shape index (κ2) is 10.6. The average molecular weight is 482 g/mol. The molecule has 0 amide bonds. The van der Waals surface area contributed by atoms with Gasteiger partial charge in [0.2, 0.25) is 0 Å². The van der Waals surface area contributed by atoms with Crippen LogP contribution in [-0.2, 0) is 0 Å². The number of hydrogen-bond donors (Lipinski definition) is 0. The Morgan fingerprint density at radius 2 is 0.696 bits per heavy atom. The van der Waals surface area contributed by atoms with Crippen LogP contribution in [0.4, 0.5) is 0 Å². The van der Waals surface area contributed by atoms with Crippen molar-refractivity contribution in [2.75, 3.05) is 0 Å². The van der Waals surface area contributed by atoms with E-state index >= 15 is 0 Å². The maximum absolute atomic E-state index is 4.99. The molecule has 0 bridgehead atoms. The molecule has 0 unspecified atom stereocenters. The quantitative estimate of drug-likeness (QED) is 0.498. The summed E-state index contributed by atoms with van der Waals surface area (Å²) in [5.74, 6) is 0.